The minimum absolute atomic E-state index is 0.0667. The monoisotopic (exact) mass is 342 g/mol. The van der Waals surface area contributed by atoms with E-state index in [-0.39, 0.29) is 12.1 Å². The molecule has 2 N–H and O–H groups in total. The summed E-state index contributed by atoms with van der Waals surface area (Å²) in [7, 11) is 0. The smallest absolute Gasteiger partial charge is 0.223 e. The molecule has 104 valence electrons. The van der Waals surface area contributed by atoms with Crippen LogP contribution in [0.5, 0.6) is 0 Å². The summed E-state index contributed by atoms with van der Waals surface area (Å²) >= 11 is 5.34. The van der Waals surface area contributed by atoms with Crippen molar-refractivity contribution in [3.63, 3.8) is 0 Å². The van der Waals surface area contributed by atoms with Crippen molar-refractivity contribution in [2.75, 3.05) is 0 Å². The number of aryl methyl sites for hydroxylation is 1. The maximum atomic E-state index is 12.4. The molecule has 1 aliphatic carbocycles. The average molecular weight is 343 g/mol. The van der Waals surface area contributed by atoms with E-state index >= 15 is 0 Å². The standard InChI is InChI=1S/C14H19BrN2OS/c1-8-10(15)7-12(19-8)14-11(16)3-2-4-13(18)17(14)9-5-6-9/h7,9,11,14H,2-6,16H2,1H3. The Morgan fingerprint density at radius 1 is 1.42 bits per heavy atom. The molecule has 0 spiro atoms. The highest BCUT2D eigenvalue weighted by Gasteiger charge is 2.42. The predicted molar refractivity (Wildman–Crippen MR) is 81.2 cm³/mol. The zero-order valence-corrected chi connectivity index (χ0v) is 13.5. The van der Waals surface area contributed by atoms with Gasteiger partial charge in [-0.2, -0.15) is 0 Å². The topological polar surface area (TPSA) is 46.3 Å². The number of amides is 1. The Labute approximate surface area is 126 Å². The van der Waals surface area contributed by atoms with Crippen LogP contribution in [0.15, 0.2) is 10.5 Å². The molecule has 0 bridgehead atoms. The van der Waals surface area contributed by atoms with Crippen LogP contribution in [0.25, 0.3) is 0 Å². The second-order valence-electron chi connectivity index (χ2n) is 5.59. The van der Waals surface area contributed by atoms with Gasteiger partial charge in [-0.05, 0) is 54.6 Å². The number of carbonyl (C=O) groups is 1. The van der Waals surface area contributed by atoms with E-state index in [2.05, 4.69) is 33.8 Å². The normalized spacial score (nSPS) is 28.6. The summed E-state index contributed by atoms with van der Waals surface area (Å²) in [6.07, 6.45) is 4.80. The van der Waals surface area contributed by atoms with Crippen molar-refractivity contribution in [1.82, 2.24) is 4.90 Å². The summed E-state index contributed by atoms with van der Waals surface area (Å²) in [5, 5.41) is 0. The maximum Gasteiger partial charge on any atom is 0.223 e. The highest BCUT2D eigenvalue weighted by atomic mass is 79.9. The lowest BCUT2D eigenvalue weighted by atomic mass is 10.0. The SMILES string of the molecule is Cc1sc(C2C(N)CCCC(=O)N2C2CC2)cc1Br. The summed E-state index contributed by atoms with van der Waals surface area (Å²) in [5.74, 6) is 0.294. The van der Waals surface area contributed by atoms with Gasteiger partial charge in [-0.1, -0.05) is 0 Å². The van der Waals surface area contributed by atoms with Gasteiger partial charge in [-0.3, -0.25) is 4.79 Å². The van der Waals surface area contributed by atoms with Gasteiger partial charge in [0, 0.05) is 32.7 Å². The Morgan fingerprint density at radius 2 is 2.16 bits per heavy atom. The second-order valence-corrected chi connectivity index (χ2v) is 7.73. The molecule has 0 radical (unpaired) electrons. The highest BCUT2D eigenvalue weighted by molar-refractivity contribution is 9.10. The molecule has 2 aliphatic rings. The van der Waals surface area contributed by atoms with Gasteiger partial charge in [-0.25, -0.2) is 0 Å². The zero-order chi connectivity index (χ0) is 13.6. The van der Waals surface area contributed by atoms with Crippen molar-refractivity contribution in [1.29, 1.82) is 0 Å². The molecule has 3 rings (SSSR count). The molecule has 1 saturated carbocycles. The van der Waals surface area contributed by atoms with Gasteiger partial charge in [0.25, 0.3) is 0 Å². The van der Waals surface area contributed by atoms with E-state index in [4.69, 9.17) is 5.73 Å². The Kier molecular flexibility index (Phi) is 3.71. The number of thiophene rings is 1. The van der Waals surface area contributed by atoms with Gasteiger partial charge < -0.3 is 10.6 Å². The van der Waals surface area contributed by atoms with Crippen LogP contribution in [0.2, 0.25) is 0 Å². The zero-order valence-electron chi connectivity index (χ0n) is 11.1. The number of likely N-dealkylation sites (tertiary alicyclic amines) is 1. The van der Waals surface area contributed by atoms with E-state index in [0.717, 1.165) is 30.2 Å². The Morgan fingerprint density at radius 3 is 2.74 bits per heavy atom. The van der Waals surface area contributed by atoms with Gasteiger partial charge in [-0.15, -0.1) is 11.3 Å². The molecule has 2 unspecified atom stereocenters. The molecule has 5 heteroatoms. The van der Waals surface area contributed by atoms with Gasteiger partial charge in [0.05, 0.1) is 6.04 Å². The van der Waals surface area contributed by atoms with Crippen LogP contribution in [0.4, 0.5) is 0 Å². The number of nitrogens with zero attached hydrogens (tertiary/aromatic N) is 1. The van der Waals surface area contributed by atoms with Gasteiger partial charge in [0.2, 0.25) is 5.91 Å². The Bertz CT molecular complexity index is 478. The van der Waals surface area contributed by atoms with Crippen molar-refractivity contribution in [2.45, 2.75) is 57.2 Å². The first kappa shape index (κ1) is 13.6. The molecular weight excluding hydrogens is 324 g/mol. The lowest BCUT2D eigenvalue weighted by Gasteiger charge is -2.33. The predicted octanol–water partition coefficient (Wildman–Crippen LogP) is 3.36. The summed E-state index contributed by atoms with van der Waals surface area (Å²) < 4.78 is 1.13. The molecule has 2 fully saturated rings. The summed E-state index contributed by atoms with van der Waals surface area (Å²) in [6.45, 7) is 2.10. The molecule has 0 aromatic carbocycles. The molecule has 1 aromatic rings. The average Bonchev–Trinajstić information content (AvgIpc) is 3.13. The van der Waals surface area contributed by atoms with Crippen LogP contribution in [0, 0.1) is 6.92 Å². The van der Waals surface area contributed by atoms with Gasteiger partial charge in [0.15, 0.2) is 0 Å². The molecule has 1 aliphatic heterocycles. The first-order valence-electron chi connectivity index (χ1n) is 6.90. The summed E-state index contributed by atoms with van der Waals surface area (Å²) in [5.41, 5.74) is 6.39. The maximum absolute atomic E-state index is 12.4. The van der Waals surface area contributed by atoms with Crippen LogP contribution >= 0.6 is 27.3 Å². The molecule has 19 heavy (non-hydrogen) atoms. The fourth-order valence-corrected chi connectivity index (χ4v) is 4.63. The third kappa shape index (κ3) is 2.60. The first-order chi connectivity index (χ1) is 9.08. The quantitative estimate of drug-likeness (QED) is 0.895. The lowest BCUT2D eigenvalue weighted by molar-refractivity contribution is -0.133. The largest absolute Gasteiger partial charge is 0.330 e. The third-order valence-electron chi connectivity index (χ3n) is 4.03. The van der Waals surface area contributed by atoms with Crippen molar-refractivity contribution in [3.05, 3.63) is 20.3 Å². The van der Waals surface area contributed by atoms with Crippen LogP contribution in [0.1, 0.15) is 47.9 Å². The van der Waals surface area contributed by atoms with Crippen molar-refractivity contribution in [3.8, 4) is 0 Å². The minimum Gasteiger partial charge on any atom is -0.330 e. The Balaban J connectivity index is 1.98. The lowest BCUT2D eigenvalue weighted by Crippen LogP contribution is -2.43. The van der Waals surface area contributed by atoms with E-state index in [1.54, 1.807) is 11.3 Å². The molecule has 3 nitrogen and oxygen atoms in total. The number of hydrogen-bond donors (Lipinski definition) is 1. The minimum atomic E-state index is 0.0667. The fourth-order valence-electron chi connectivity index (χ4n) is 2.90. The second kappa shape index (κ2) is 5.19. The van der Waals surface area contributed by atoms with E-state index in [0.29, 0.717) is 18.4 Å². The Hall–Kier alpha value is -0.390. The number of hydrogen-bond acceptors (Lipinski definition) is 3. The number of rotatable bonds is 2. The summed E-state index contributed by atoms with van der Waals surface area (Å²) in [6, 6.07) is 2.73. The van der Waals surface area contributed by atoms with E-state index in [1.807, 2.05) is 0 Å². The number of carbonyl (C=O) groups excluding carboxylic acids is 1. The highest BCUT2D eigenvalue weighted by Crippen LogP contribution is 2.42. The number of halogens is 1. The number of nitrogens with two attached hydrogens (primary N) is 1. The fraction of sp³-hybridized carbons (Fsp3) is 0.643. The van der Waals surface area contributed by atoms with Crippen LogP contribution in [-0.2, 0) is 4.79 Å². The molecule has 2 atom stereocenters. The third-order valence-corrected chi connectivity index (χ3v) is 6.24. The first-order valence-corrected chi connectivity index (χ1v) is 8.51. The van der Waals surface area contributed by atoms with Gasteiger partial charge >= 0.3 is 0 Å². The van der Waals surface area contributed by atoms with Crippen molar-refractivity contribution >= 4 is 33.2 Å². The van der Waals surface area contributed by atoms with Crippen LogP contribution in [0.3, 0.4) is 0 Å². The molecule has 1 aromatic heterocycles. The van der Waals surface area contributed by atoms with E-state index in [1.165, 1.54) is 9.75 Å². The summed E-state index contributed by atoms with van der Waals surface area (Å²) in [4.78, 5) is 17.0. The molecule has 1 saturated heterocycles. The van der Waals surface area contributed by atoms with E-state index in [9.17, 15) is 4.79 Å². The molecule has 2 heterocycles. The van der Waals surface area contributed by atoms with Crippen LogP contribution in [-0.4, -0.2) is 22.9 Å². The molecular formula is C14H19BrN2OS. The van der Waals surface area contributed by atoms with Gasteiger partial charge in [0.1, 0.15) is 0 Å². The molecule has 1 amide bonds. The van der Waals surface area contributed by atoms with Crippen LogP contribution < -0.4 is 5.73 Å². The van der Waals surface area contributed by atoms with E-state index < -0.39 is 0 Å². The van der Waals surface area contributed by atoms with Crippen molar-refractivity contribution < 1.29 is 4.79 Å². The van der Waals surface area contributed by atoms with Crippen molar-refractivity contribution in [2.24, 2.45) is 5.73 Å².